The molecule has 5 heteroatoms. The molecule has 0 bridgehead atoms. The van der Waals surface area contributed by atoms with Gasteiger partial charge in [-0.05, 0) is 31.0 Å². The van der Waals surface area contributed by atoms with Gasteiger partial charge in [0.1, 0.15) is 0 Å². The number of benzene rings is 1. The van der Waals surface area contributed by atoms with Crippen LogP contribution in [0, 0.1) is 5.41 Å². The Morgan fingerprint density at radius 2 is 1.50 bits per heavy atom. The number of hydrogen-bond donors (Lipinski definition) is 2. The van der Waals surface area contributed by atoms with E-state index < -0.39 is 11.9 Å². The summed E-state index contributed by atoms with van der Waals surface area (Å²) in [5.74, 6) is -2.21. The Kier molecular flexibility index (Phi) is 3.70. The minimum Gasteiger partial charge on any atom is -0.478 e. The first kappa shape index (κ1) is 14.4. The molecule has 1 saturated heterocycles. The lowest BCUT2D eigenvalue weighted by Crippen LogP contribution is -2.56. The molecule has 20 heavy (non-hydrogen) atoms. The summed E-state index contributed by atoms with van der Waals surface area (Å²) in [4.78, 5) is 24.2. The third-order valence-electron chi connectivity index (χ3n) is 4.33. The Morgan fingerprint density at radius 1 is 1.05 bits per heavy atom. The molecule has 108 valence electrons. The summed E-state index contributed by atoms with van der Waals surface area (Å²) in [6, 6.07) is 4.29. The summed E-state index contributed by atoms with van der Waals surface area (Å²) >= 11 is 0. The Bertz CT molecular complexity index is 509. The molecule has 0 radical (unpaired) electrons. The highest BCUT2D eigenvalue weighted by Crippen LogP contribution is 2.40. The summed E-state index contributed by atoms with van der Waals surface area (Å²) < 4.78 is 0. The number of carbonyl (C=O) groups is 2. The topological polar surface area (TPSA) is 77.8 Å². The van der Waals surface area contributed by atoms with Crippen molar-refractivity contribution in [3.8, 4) is 0 Å². The van der Waals surface area contributed by atoms with Gasteiger partial charge in [0.05, 0.1) is 11.1 Å². The predicted octanol–water partition coefficient (Wildman–Crippen LogP) is 2.71. The van der Waals surface area contributed by atoms with Gasteiger partial charge in [-0.2, -0.15) is 0 Å². The lowest BCUT2D eigenvalue weighted by Gasteiger charge is -2.51. The van der Waals surface area contributed by atoms with Crippen molar-refractivity contribution in [2.75, 3.05) is 18.0 Å². The van der Waals surface area contributed by atoms with Crippen LogP contribution in [0.15, 0.2) is 18.2 Å². The van der Waals surface area contributed by atoms with Crippen LogP contribution in [-0.4, -0.2) is 35.2 Å². The van der Waals surface area contributed by atoms with E-state index in [4.69, 9.17) is 10.2 Å². The molecule has 0 atom stereocenters. The zero-order valence-corrected chi connectivity index (χ0v) is 11.7. The Hall–Kier alpha value is -2.04. The van der Waals surface area contributed by atoms with E-state index in [0.29, 0.717) is 5.69 Å². The highest BCUT2D eigenvalue weighted by Gasteiger charge is 2.40. The number of anilines is 1. The fourth-order valence-corrected chi connectivity index (χ4v) is 2.68. The maximum absolute atomic E-state index is 11.1. The van der Waals surface area contributed by atoms with Gasteiger partial charge >= 0.3 is 11.9 Å². The molecule has 0 saturated carbocycles. The van der Waals surface area contributed by atoms with Crippen LogP contribution >= 0.6 is 0 Å². The van der Waals surface area contributed by atoms with Gasteiger partial charge in [0.25, 0.3) is 0 Å². The van der Waals surface area contributed by atoms with E-state index in [0.717, 1.165) is 25.9 Å². The second-order valence-corrected chi connectivity index (χ2v) is 5.44. The minimum absolute atomic E-state index is 0.0189. The van der Waals surface area contributed by atoms with Crippen LogP contribution in [0.5, 0.6) is 0 Å². The first-order valence-corrected chi connectivity index (χ1v) is 6.77. The standard InChI is InChI=1S/C15H19NO4/c1-3-15(4-2)8-16(9-15)12-6-10(13(17)18)5-11(7-12)14(19)20/h5-7H,3-4,8-9H2,1-2H3,(H,17,18)(H,19,20). The molecule has 5 nitrogen and oxygen atoms in total. The number of carboxylic acid groups (broad SMARTS) is 2. The fourth-order valence-electron chi connectivity index (χ4n) is 2.68. The molecule has 1 heterocycles. The SMILES string of the molecule is CCC1(CC)CN(c2cc(C(=O)O)cc(C(=O)O)c2)C1. The van der Waals surface area contributed by atoms with Gasteiger partial charge in [0, 0.05) is 24.2 Å². The summed E-state index contributed by atoms with van der Waals surface area (Å²) in [7, 11) is 0. The molecular formula is C15H19NO4. The molecule has 1 aliphatic heterocycles. The number of hydrogen-bond acceptors (Lipinski definition) is 3. The Balaban J connectivity index is 2.29. The van der Waals surface area contributed by atoms with Crippen LogP contribution in [-0.2, 0) is 0 Å². The number of rotatable bonds is 5. The fraction of sp³-hybridized carbons (Fsp3) is 0.467. The average Bonchev–Trinajstić information content (AvgIpc) is 2.38. The van der Waals surface area contributed by atoms with Crippen LogP contribution in [0.2, 0.25) is 0 Å². The smallest absolute Gasteiger partial charge is 0.335 e. The molecule has 1 fully saturated rings. The van der Waals surface area contributed by atoms with Gasteiger partial charge < -0.3 is 15.1 Å². The van der Waals surface area contributed by atoms with Crippen molar-refractivity contribution in [3.63, 3.8) is 0 Å². The summed E-state index contributed by atoms with van der Waals surface area (Å²) in [5.41, 5.74) is 0.999. The first-order valence-electron chi connectivity index (χ1n) is 6.77. The highest BCUT2D eigenvalue weighted by molar-refractivity contribution is 5.95. The maximum Gasteiger partial charge on any atom is 0.335 e. The van der Waals surface area contributed by atoms with Crippen molar-refractivity contribution in [2.45, 2.75) is 26.7 Å². The highest BCUT2D eigenvalue weighted by atomic mass is 16.4. The molecule has 2 rings (SSSR count). The van der Waals surface area contributed by atoms with E-state index in [2.05, 4.69) is 13.8 Å². The Morgan fingerprint density at radius 3 is 1.85 bits per heavy atom. The molecule has 1 aromatic rings. The largest absolute Gasteiger partial charge is 0.478 e. The lowest BCUT2D eigenvalue weighted by atomic mass is 9.75. The number of carboxylic acids is 2. The van der Waals surface area contributed by atoms with Crippen molar-refractivity contribution in [1.29, 1.82) is 0 Å². The zero-order valence-electron chi connectivity index (χ0n) is 11.7. The molecule has 0 aromatic heterocycles. The van der Waals surface area contributed by atoms with E-state index in [9.17, 15) is 9.59 Å². The van der Waals surface area contributed by atoms with Crippen molar-refractivity contribution in [1.82, 2.24) is 0 Å². The van der Waals surface area contributed by atoms with Gasteiger partial charge in [-0.3, -0.25) is 0 Å². The molecule has 1 aromatic carbocycles. The van der Waals surface area contributed by atoms with Crippen molar-refractivity contribution in [3.05, 3.63) is 29.3 Å². The van der Waals surface area contributed by atoms with E-state index in [1.165, 1.54) is 6.07 Å². The van der Waals surface area contributed by atoms with Crippen LogP contribution in [0.1, 0.15) is 47.4 Å². The molecule has 0 amide bonds. The van der Waals surface area contributed by atoms with Crippen molar-refractivity contribution < 1.29 is 19.8 Å². The summed E-state index contributed by atoms with van der Waals surface area (Å²) in [6.45, 7) is 6.00. The van der Waals surface area contributed by atoms with Gasteiger partial charge in [-0.25, -0.2) is 9.59 Å². The summed E-state index contributed by atoms with van der Waals surface area (Å²) in [5, 5.41) is 18.1. The quantitative estimate of drug-likeness (QED) is 0.865. The third-order valence-corrected chi connectivity index (χ3v) is 4.33. The molecule has 0 spiro atoms. The maximum atomic E-state index is 11.1. The summed E-state index contributed by atoms with van der Waals surface area (Å²) in [6.07, 6.45) is 2.15. The van der Waals surface area contributed by atoms with Gasteiger partial charge in [0.2, 0.25) is 0 Å². The normalized spacial score (nSPS) is 16.6. The monoisotopic (exact) mass is 277 g/mol. The zero-order chi connectivity index (χ0) is 14.9. The van der Waals surface area contributed by atoms with Gasteiger partial charge in [-0.15, -0.1) is 0 Å². The van der Waals surface area contributed by atoms with Crippen LogP contribution < -0.4 is 4.90 Å². The van der Waals surface area contributed by atoms with E-state index >= 15 is 0 Å². The van der Waals surface area contributed by atoms with Gasteiger partial charge in [-0.1, -0.05) is 13.8 Å². The second-order valence-electron chi connectivity index (χ2n) is 5.44. The second kappa shape index (κ2) is 5.15. The van der Waals surface area contributed by atoms with Crippen LogP contribution in [0.3, 0.4) is 0 Å². The molecule has 2 N–H and O–H groups in total. The van der Waals surface area contributed by atoms with Crippen molar-refractivity contribution >= 4 is 17.6 Å². The number of nitrogens with zero attached hydrogens (tertiary/aromatic N) is 1. The van der Waals surface area contributed by atoms with Crippen LogP contribution in [0.4, 0.5) is 5.69 Å². The minimum atomic E-state index is -1.10. The first-order chi connectivity index (χ1) is 9.40. The van der Waals surface area contributed by atoms with Crippen LogP contribution in [0.25, 0.3) is 0 Å². The predicted molar refractivity (Wildman–Crippen MR) is 75.6 cm³/mol. The van der Waals surface area contributed by atoms with E-state index in [1.807, 2.05) is 4.90 Å². The average molecular weight is 277 g/mol. The third kappa shape index (κ3) is 2.48. The van der Waals surface area contributed by atoms with E-state index in [1.54, 1.807) is 12.1 Å². The molecule has 0 unspecified atom stereocenters. The van der Waals surface area contributed by atoms with Crippen molar-refractivity contribution in [2.24, 2.45) is 5.41 Å². The van der Waals surface area contributed by atoms with E-state index in [-0.39, 0.29) is 16.5 Å². The molecule has 1 aliphatic rings. The molecular weight excluding hydrogens is 258 g/mol. The molecule has 0 aliphatic carbocycles. The van der Waals surface area contributed by atoms with Gasteiger partial charge in [0.15, 0.2) is 0 Å². The Labute approximate surface area is 117 Å². The lowest BCUT2D eigenvalue weighted by molar-refractivity contribution is 0.0696. The number of aromatic carboxylic acids is 2.